The molecule has 48 valence electrons. The molecule has 0 aliphatic heterocycles. The lowest BCUT2D eigenvalue weighted by Crippen LogP contribution is -2.17. The Labute approximate surface area is 57.9 Å². The van der Waals surface area contributed by atoms with Crippen LogP contribution in [0.5, 0.6) is 0 Å². The molecular formula is C6H8N2S. The molecule has 1 aromatic rings. The molecule has 0 saturated heterocycles. The second kappa shape index (κ2) is 1.55. The van der Waals surface area contributed by atoms with E-state index < -0.39 is 0 Å². The topological polar surface area (TPSA) is 38.9 Å². The fourth-order valence-electron chi connectivity index (χ4n) is 0.874. The monoisotopic (exact) mass is 140 g/mol. The van der Waals surface area contributed by atoms with Gasteiger partial charge in [0.2, 0.25) is 0 Å². The van der Waals surface area contributed by atoms with Gasteiger partial charge in [-0.3, -0.25) is 0 Å². The zero-order chi connectivity index (χ0) is 6.32. The average molecular weight is 140 g/mol. The Morgan fingerprint density at radius 1 is 1.67 bits per heavy atom. The number of nitrogens with zero attached hydrogens (tertiary/aromatic N) is 1. The quantitative estimate of drug-likeness (QED) is 0.634. The van der Waals surface area contributed by atoms with Gasteiger partial charge in [-0.05, 0) is 24.4 Å². The summed E-state index contributed by atoms with van der Waals surface area (Å²) in [4.78, 5) is 0. The zero-order valence-corrected chi connectivity index (χ0v) is 5.82. The molecule has 1 aromatic heterocycles. The van der Waals surface area contributed by atoms with Gasteiger partial charge in [-0.15, -0.1) is 0 Å². The summed E-state index contributed by atoms with van der Waals surface area (Å²) in [6, 6.07) is 0. The molecule has 0 amide bonds. The molecule has 0 spiro atoms. The van der Waals surface area contributed by atoms with Gasteiger partial charge in [0.1, 0.15) is 0 Å². The highest BCUT2D eigenvalue weighted by atomic mass is 32.1. The van der Waals surface area contributed by atoms with Crippen LogP contribution in [0.15, 0.2) is 11.6 Å². The van der Waals surface area contributed by atoms with Gasteiger partial charge in [0.25, 0.3) is 0 Å². The van der Waals surface area contributed by atoms with E-state index in [1.165, 1.54) is 17.1 Å². The molecule has 2 rings (SSSR count). The van der Waals surface area contributed by atoms with Crippen molar-refractivity contribution in [1.29, 1.82) is 0 Å². The van der Waals surface area contributed by atoms with Gasteiger partial charge in [-0.1, -0.05) is 0 Å². The lowest BCUT2D eigenvalue weighted by atomic mass is 10.1. The molecule has 0 unspecified atom stereocenters. The van der Waals surface area contributed by atoms with Crippen LogP contribution < -0.4 is 5.73 Å². The summed E-state index contributed by atoms with van der Waals surface area (Å²) < 4.78 is 3.99. The summed E-state index contributed by atoms with van der Waals surface area (Å²) in [6.45, 7) is 0. The maximum Gasteiger partial charge on any atom is 0.0457 e. The van der Waals surface area contributed by atoms with E-state index in [4.69, 9.17) is 5.73 Å². The molecule has 1 aliphatic rings. The van der Waals surface area contributed by atoms with Crippen molar-refractivity contribution in [2.24, 2.45) is 5.73 Å². The van der Waals surface area contributed by atoms with Crippen LogP contribution >= 0.6 is 11.5 Å². The number of nitrogens with two attached hydrogens (primary N) is 1. The Morgan fingerprint density at radius 2 is 2.44 bits per heavy atom. The summed E-state index contributed by atoms with van der Waals surface area (Å²) in [7, 11) is 0. The van der Waals surface area contributed by atoms with Crippen molar-refractivity contribution in [1.82, 2.24) is 4.37 Å². The van der Waals surface area contributed by atoms with Crippen LogP contribution in [0.1, 0.15) is 18.4 Å². The third kappa shape index (κ3) is 0.767. The average Bonchev–Trinajstić information content (AvgIpc) is 2.46. The predicted octanol–water partition coefficient (Wildman–Crippen LogP) is 1.09. The second-order valence-corrected chi connectivity index (χ2v) is 3.23. The minimum absolute atomic E-state index is 0.0208. The Hall–Kier alpha value is -0.410. The maximum atomic E-state index is 5.88. The van der Waals surface area contributed by atoms with Crippen molar-refractivity contribution in [2.75, 3.05) is 0 Å². The molecular weight excluding hydrogens is 132 g/mol. The molecule has 1 aliphatic carbocycles. The van der Waals surface area contributed by atoms with E-state index in [0.717, 1.165) is 12.8 Å². The highest BCUT2D eigenvalue weighted by molar-refractivity contribution is 7.03. The Bertz CT molecular complexity index is 201. The van der Waals surface area contributed by atoms with Gasteiger partial charge in [0.05, 0.1) is 0 Å². The van der Waals surface area contributed by atoms with Crippen LogP contribution in [-0.4, -0.2) is 4.37 Å². The van der Waals surface area contributed by atoms with Crippen molar-refractivity contribution in [3.05, 3.63) is 17.1 Å². The number of rotatable bonds is 1. The van der Waals surface area contributed by atoms with E-state index in [1.54, 1.807) is 0 Å². The molecule has 0 atom stereocenters. The van der Waals surface area contributed by atoms with Gasteiger partial charge in [0, 0.05) is 22.7 Å². The molecule has 0 radical (unpaired) electrons. The second-order valence-electron chi connectivity index (χ2n) is 2.57. The molecule has 0 bridgehead atoms. The first-order chi connectivity index (χ1) is 4.31. The first-order valence-corrected chi connectivity index (χ1v) is 3.84. The summed E-state index contributed by atoms with van der Waals surface area (Å²) >= 11 is 1.48. The normalized spacial score (nSPS) is 21.9. The van der Waals surface area contributed by atoms with Gasteiger partial charge >= 0.3 is 0 Å². The van der Waals surface area contributed by atoms with E-state index in [0.29, 0.717) is 0 Å². The van der Waals surface area contributed by atoms with Crippen LogP contribution in [0.4, 0.5) is 0 Å². The van der Waals surface area contributed by atoms with Gasteiger partial charge < -0.3 is 5.73 Å². The van der Waals surface area contributed by atoms with Crippen molar-refractivity contribution < 1.29 is 0 Å². The van der Waals surface area contributed by atoms with E-state index in [9.17, 15) is 0 Å². The first-order valence-electron chi connectivity index (χ1n) is 3.00. The molecule has 1 heterocycles. The molecule has 1 fully saturated rings. The smallest absolute Gasteiger partial charge is 0.0457 e. The third-order valence-corrected chi connectivity index (χ3v) is 2.38. The Morgan fingerprint density at radius 3 is 2.89 bits per heavy atom. The lowest BCUT2D eigenvalue weighted by molar-refractivity contribution is 0.742. The van der Waals surface area contributed by atoms with Crippen LogP contribution in [0, 0.1) is 0 Å². The molecule has 1 saturated carbocycles. The number of hydrogen-bond donors (Lipinski definition) is 1. The Balaban J connectivity index is 2.34. The van der Waals surface area contributed by atoms with Crippen LogP contribution in [0.3, 0.4) is 0 Å². The van der Waals surface area contributed by atoms with Gasteiger partial charge in [0.15, 0.2) is 0 Å². The van der Waals surface area contributed by atoms with Crippen molar-refractivity contribution in [2.45, 2.75) is 18.4 Å². The van der Waals surface area contributed by atoms with Crippen LogP contribution in [-0.2, 0) is 5.54 Å². The predicted molar refractivity (Wildman–Crippen MR) is 37.2 cm³/mol. The van der Waals surface area contributed by atoms with Crippen molar-refractivity contribution in [3.8, 4) is 0 Å². The molecule has 2 N–H and O–H groups in total. The largest absolute Gasteiger partial charge is 0.321 e. The highest BCUT2D eigenvalue weighted by Crippen LogP contribution is 2.42. The Kier molecular flexibility index (Phi) is 0.926. The summed E-state index contributed by atoms with van der Waals surface area (Å²) in [5, 5.41) is 2.03. The zero-order valence-electron chi connectivity index (χ0n) is 5.00. The first kappa shape index (κ1) is 5.38. The fraction of sp³-hybridized carbons (Fsp3) is 0.500. The SMILES string of the molecule is NC1(c2cnsc2)CC1. The van der Waals surface area contributed by atoms with E-state index >= 15 is 0 Å². The van der Waals surface area contributed by atoms with E-state index in [2.05, 4.69) is 4.37 Å². The lowest BCUT2D eigenvalue weighted by Gasteiger charge is -2.01. The standard InChI is InChI=1S/C6H8N2S/c7-6(1-2-6)5-3-8-9-4-5/h3-4H,1-2,7H2. The van der Waals surface area contributed by atoms with E-state index in [-0.39, 0.29) is 5.54 Å². The molecule has 2 nitrogen and oxygen atoms in total. The fourth-order valence-corrected chi connectivity index (χ4v) is 1.52. The summed E-state index contributed by atoms with van der Waals surface area (Å²) in [5.74, 6) is 0. The van der Waals surface area contributed by atoms with Crippen LogP contribution in [0.25, 0.3) is 0 Å². The third-order valence-electron chi connectivity index (χ3n) is 1.80. The number of aromatic nitrogens is 1. The number of hydrogen-bond acceptors (Lipinski definition) is 3. The molecule has 9 heavy (non-hydrogen) atoms. The maximum absolute atomic E-state index is 5.88. The highest BCUT2D eigenvalue weighted by Gasteiger charge is 2.40. The van der Waals surface area contributed by atoms with Crippen LogP contribution in [0.2, 0.25) is 0 Å². The summed E-state index contributed by atoms with van der Waals surface area (Å²) in [5.41, 5.74) is 7.12. The minimum Gasteiger partial charge on any atom is -0.321 e. The van der Waals surface area contributed by atoms with Crippen molar-refractivity contribution >= 4 is 11.5 Å². The molecule has 0 aromatic carbocycles. The van der Waals surface area contributed by atoms with Gasteiger partial charge in [-0.25, -0.2) is 4.37 Å². The van der Waals surface area contributed by atoms with E-state index in [1.807, 2.05) is 11.6 Å². The minimum atomic E-state index is 0.0208. The van der Waals surface area contributed by atoms with Gasteiger partial charge in [-0.2, -0.15) is 0 Å². The summed E-state index contributed by atoms with van der Waals surface area (Å²) in [6.07, 6.45) is 4.13. The molecule has 3 heteroatoms. The van der Waals surface area contributed by atoms with Crippen molar-refractivity contribution in [3.63, 3.8) is 0 Å².